The van der Waals surface area contributed by atoms with E-state index in [0.29, 0.717) is 13.1 Å². The zero-order chi connectivity index (χ0) is 29.4. The maximum absolute atomic E-state index is 14.0. The lowest BCUT2D eigenvalue weighted by molar-refractivity contribution is -0.150. The first-order chi connectivity index (χ1) is 20.4. The molecule has 0 bridgehead atoms. The zero-order valence-corrected chi connectivity index (χ0v) is 24.2. The fraction of sp³-hybridized carbons (Fsp3) is 0.306. The number of hydrogen-bond donors (Lipinski definition) is 2. The van der Waals surface area contributed by atoms with E-state index < -0.39 is 11.6 Å². The molecule has 1 fully saturated rings. The van der Waals surface area contributed by atoms with Gasteiger partial charge in [-0.3, -0.25) is 0 Å². The van der Waals surface area contributed by atoms with Crippen LogP contribution < -0.4 is 10.6 Å². The minimum absolute atomic E-state index is 0.0287. The quantitative estimate of drug-likeness (QED) is 0.182. The van der Waals surface area contributed by atoms with Crippen molar-refractivity contribution < 1.29 is 13.9 Å². The SMILES string of the molecule is [C-]#[N+]c1cc(CN[C@H](Cc2ccccc2)[C@@H]2OC(C)(C)O[C@H]2[C@@H](Cc2ccccc2)NCc2ccccc2)ccc1F. The molecule has 0 amide bonds. The molecule has 1 saturated heterocycles. The van der Waals surface area contributed by atoms with Gasteiger partial charge in [-0.15, -0.1) is 0 Å². The van der Waals surface area contributed by atoms with Crippen LogP contribution in [0.5, 0.6) is 0 Å². The monoisotopic (exact) mass is 563 g/mol. The summed E-state index contributed by atoms with van der Waals surface area (Å²) >= 11 is 0. The first-order valence-electron chi connectivity index (χ1n) is 14.5. The Bertz CT molecular complexity index is 1460. The van der Waals surface area contributed by atoms with E-state index in [9.17, 15) is 4.39 Å². The van der Waals surface area contributed by atoms with Crippen LogP contribution in [0, 0.1) is 12.4 Å². The van der Waals surface area contributed by atoms with Gasteiger partial charge in [0.15, 0.2) is 5.79 Å². The Labute approximate surface area is 248 Å². The second kappa shape index (κ2) is 13.9. The van der Waals surface area contributed by atoms with Gasteiger partial charge >= 0.3 is 0 Å². The number of benzene rings is 4. The number of halogens is 1. The first-order valence-corrected chi connectivity index (χ1v) is 14.5. The largest absolute Gasteiger partial charge is 0.343 e. The minimum Gasteiger partial charge on any atom is -0.343 e. The van der Waals surface area contributed by atoms with Crippen LogP contribution in [0.4, 0.5) is 10.1 Å². The second-order valence-electron chi connectivity index (χ2n) is 11.3. The summed E-state index contributed by atoms with van der Waals surface area (Å²) in [6.45, 7) is 12.4. The molecule has 0 saturated carbocycles. The van der Waals surface area contributed by atoms with Crippen LogP contribution in [0.15, 0.2) is 109 Å². The van der Waals surface area contributed by atoms with Crippen LogP contribution in [0.1, 0.15) is 36.1 Å². The Kier molecular flexibility index (Phi) is 9.78. The molecule has 4 atom stereocenters. The fourth-order valence-electron chi connectivity index (χ4n) is 5.63. The third kappa shape index (κ3) is 7.90. The minimum atomic E-state index is -0.775. The van der Waals surface area contributed by atoms with Gasteiger partial charge in [0.25, 0.3) is 0 Å². The van der Waals surface area contributed by atoms with Crippen LogP contribution in [-0.2, 0) is 35.4 Å². The molecule has 4 aromatic rings. The van der Waals surface area contributed by atoms with E-state index in [-0.39, 0.29) is 30.0 Å². The molecule has 1 aliphatic rings. The van der Waals surface area contributed by atoms with Crippen LogP contribution in [0.3, 0.4) is 0 Å². The molecule has 216 valence electrons. The lowest BCUT2D eigenvalue weighted by atomic mass is 9.91. The van der Waals surface area contributed by atoms with Crippen molar-refractivity contribution in [3.05, 3.63) is 149 Å². The smallest absolute Gasteiger partial charge is 0.222 e. The molecular weight excluding hydrogens is 525 g/mol. The van der Waals surface area contributed by atoms with E-state index in [4.69, 9.17) is 16.0 Å². The molecule has 1 heterocycles. The van der Waals surface area contributed by atoms with E-state index in [1.54, 1.807) is 12.1 Å². The third-order valence-electron chi connectivity index (χ3n) is 7.66. The molecular formula is C36H38FN3O2. The highest BCUT2D eigenvalue weighted by Gasteiger charge is 2.48. The van der Waals surface area contributed by atoms with Crippen LogP contribution in [0.25, 0.3) is 4.85 Å². The van der Waals surface area contributed by atoms with Gasteiger partial charge in [-0.1, -0.05) is 97.1 Å². The predicted molar refractivity (Wildman–Crippen MR) is 164 cm³/mol. The Morgan fingerprint density at radius 3 is 1.62 bits per heavy atom. The normalized spacial score (nSPS) is 19.2. The highest BCUT2D eigenvalue weighted by Crippen LogP contribution is 2.34. The summed E-state index contributed by atoms with van der Waals surface area (Å²) in [7, 11) is 0. The summed E-state index contributed by atoms with van der Waals surface area (Å²) in [5.74, 6) is -1.28. The van der Waals surface area contributed by atoms with Crippen molar-refractivity contribution in [1.29, 1.82) is 0 Å². The Morgan fingerprint density at radius 1 is 0.690 bits per heavy atom. The number of ether oxygens (including phenoxy) is 2. The number of nitrogens with zero attached hydrogens (tertiary/aromatic N) is 1. The third-order valence-corrected chi connectivity index (χ3v) is 7.66. The standard InChI is InChI=1S/C36H38FN3O2/c1-36(2)41-34(32(21-26-13-7-4-8-14-26)39-24-28-17-11-6-12-18-28)35(42-36)33(22-27-15-9-5-10-16-27)40-25-29-19-20-30(37)31(23-29)38-3/h4-20,23,32-35,39-40H,21-22,24-25H2,1-2H3/t32-,33-,34+,35+/m1/s1. The van der Waals surface area contributed by atoms with E-state index in [2.05, 4.69) is 76.1 Å². The van der Waals surface area contributed by atoms with E-state index >= 15 is 0 Å². The molecule has 2 N–H and O–H groups in total. The molecule has 1 aliphatic heterocycles. The molecule has 0 aliphatic carbocycles. The maximum Gasteiger partial charge on any atom is 0.222 e. The molecule has 0 radical (unpaired) electrons. The Balaban J connectivity index is 1.44. The Morgan fingerprint density at radius 2 is 1.14 bits per heavy atom. The van der Waals surface area contributed by atoms with Crippen LogP contribution in [0.2, 0.25) is 0 Å². The number of nitrogens with one attached hydrogen (secondary N) is 2. The summed E-state index contributed by atoms with van der Waals surface area (Å²) in [6.07, 6.45) is 0.961. The average molecular weight is 564 g/mol. The molecule has 6 heteroatoms. The average Bonchev–Trinajstić information content (AvgIpc) is 3.34. The highest BCUT2D eigenvalue weighted by atomic mass is 19.1. The van der Waals surface area contributed by atoms with Crippen LogP contribution >= 0.6 is 0 Å². The van der Waals surface area contributed by atoms with Crippen molar-refractivity contribution in [3.63, 3.8) is 0 Å². The van der Waals surface area contributed by atoms with Gasteiger partial charge in [0.05, 0.1) is 6.57 Å². The maximum atomic E-state index is 14.0. The topological polar surface area (TPSA) is 46.9 Å². The molecule has 0 aromatic heterocycles. The molecule has 5 nitrogen and oxygen atoms in total. The summed E-state index contributed by atoms with van der Waals surface area (Å²) < 4.78 is 27.4. The van der Waals surface area contributed by atoms with Crippen molar-refractivity contribution in [2.24, 2.45) is 0 Å². The van der Waals surface area contributed by atoms with Crippen molar-refractivity contribution in [2.45, 2.75) is 69.9 Å². The van der Waals surface area contributed by atoms with Crippen molar-refractivity contribution >= 4 is 5.69 Å². The van der Waals surface area contributed by atoms with Gasteiger partial charge in [0.1, 0.15) is 18.0 Å². The van der Waals surface area contributed by atoms with E-state index in [1.165, 1.54) is 22.8 Å². The lowest BCUT2D eigenvalue weighted by Crippen LogP contribution is -2.53. The first kappa shape index (κ1) is 29.6. The van der Waals surface area contributed by atoms with Gasteiger partial charge in [0.2, 0.25) is 5.69 Å². The van der Waals surface area contributed by atoms with Crippen LogP contribution in [-0.4, -0.2) is 30.1 Å². The second-order valence-corrected chi connectivity index (χ2v) is 11.3. The molecule has 42 heavy (non-hydrogen) atoms. The molecule has 0 unspecified atom stereocenters. The van der Waals surface area contributed by atoms with E-state index in [1.807, 2.05) is 44.2 Å². The molecule has 5 rings (SSSR count). The number of rotatable bonds is 12. The molecule has 4 aromatic carbocycles. The van der Waals surface area contributed by atoms with Crippen molar-refractivity contribution in [2.75, 3.05) is 0 Å². The van der Waals surface area contributed by atoms with Crippen molar-refractivity contribution in [3.8, 4) is 0 Å². The van der Waals surface area contributed by atoms with Gasteiger partial charge in [0, 0.05) is 25.2 Å². The summed E-state index contributed by atoms with van der Waals surface area (Å²) in [4.78, 5) is 3.34. The fourth-order valence-corrected chi connectivity index (χ4v) is 5.63. The van der Waals surface area contributed by atoms with Crippen molar-refractivity contribution in [1.82, 2.24) is 10.6 Å². The molecule has 0 spiro atoms. The summed E-state index contributed by atoms with van der Waals surface area (Å²) in [6, 6.07) is 35.7. The predicted octanol–water partition coefficient (Wildman–Crippen LogP) is 7.00. The van der Waals surface area contributed by atoms with Gasteiger partial charge in [-0.05, 0) is 61.1 Å². The number of hydrogen-bond acceptors (Lipinski definition) is 4. The zero-order valence-electron chi connectivity index (χ0n) is 24.2. The van der Waals surface area contributed by atoms with Gasteiger partial charge in [-0.2, -0.15) is 0 Å². The Hall–Kier alpha value is -3.86. The summed E-state index contributed by atoms with van der Waals surface area (Å²) in [5, 5.41) is 7.50. The van der Waals surface area contributed by atoms with E-state index in [0.717, 1.165) is 18.4 Å². The highest BCUT2D eigenvalue weighted by molar-refractivity contribution is 5.48. The van der Waals surface area contributed by atoms with Gasteiger partial charge in [-0.25, -0.2) is 9.24 Å². The summed E-state index contributed by atoms with van der Waals surface area (Å²) in [5.41, 5.74) is 4.48. The lowest BCUT2D eigenvalue weighted by Gasteiger charge is -2.33. The van der Waals surface area contributed by atoms with Gasteiger partial charge < -0.3 is 20.1 Å².